The normalized spacial score (nSPS) is 10.3. The predicted molar refractivity (Wildman–Crippen MR) is 80.8 cm³/mol. The van der Waals surface area contributed by atoms with Gasteiger partial charge in [0.25, 0.3) is 5.91 Å². The van der Waals surface area contributed by atoms with E-state index in [9.17, 15) is 9.18 Å². The van der Waals surface area contributed by atoms with Gasteiger partial charge < -0.3 is 5.32 Å². The summed E-state index contributed by atoms with van der Waals surface area (Å²) in [6, 6.07) is 9.06. The molecule has 0 aromatic heterocycles. The third kappa shape index (κ3) is 3.49. The van der Waals surface area contributed by atoms with Crippen molar-refractivity contribution >= 4 is 51.8 Å². The average Bonchev–Trinajstić information content (AvgIpc) is 2.36. The quantitative estimate of drug-likeness (QED) is 0.741. The van der Waals surface area contributed by atoms with Crippen molar-refractivity contribution in [1.29, 1.82) is 0 Å². The Morgan fingerprint density at radius 3 is 2.68 bits per heavy atom. The van der Waals surface area contributed by atoms with Crippen molar-refractivity contribution < 1.29 is 9.18 Å². The zero-order valence-electron chi connectivity index (χ0n) is 9.45. The van der Waals surface area contributed by atoms with Crippen LogP contribution in [0.15, 0.2) is 45.8 Å². The first-order chi connectivity index (χ1) is 8.97. The fraction of sp³-hybridized carbons (Fsp3) is 0. The second-order valence-electron chi connectivity index (χ2n) is 3.75. The Hall–Kier alpha value is -1.04. The van der Waals surface area contributed by atoms with Gasteiger partial charge in [-0.15, -0.1) is 12.6 Å². The Kier molecular flexibility index (Phi) is 4.50. The van der Waals surface area contributed by atoms with Crippen LogP contribution in [0.3, 0.4) is 0 Å². The topological polar surface area (TPSA) is 29.1 Å². The Morgan fingerprint density at radius 2 is 2.00 bits per heavy atom. The van der Waals surface area contributed by atoms with Gasteiger partial charge in [0.15, 0.2) is 0 Å². The largest absolute Gasteiger partial charge is 0.322 e. The molecule has 1 amide bonds. The highest BCUT2D eigenvalue weighted by atomic mass is 79.9. The molecule has 0 radical (unpaired) electrons. The van der Waals surface area contributed by atoms with E-state index in [4.69, 9.17) is 11.6 Å². The molecule has 98 valence electrons. The maximum absolute atomic E-state index is 13.1. The van der Waals surface area contributed by atoms with Crippen molar-refractivity contribution in [2.75, 3.05) is 5.32 Å². The maximum atomic E-state index is 13.1. The summed E-state index contributed by atoms with van der Waals surface area (Å²) in [6.07, 6.45) is 0. The van der Waals surface area contributed by atoms with E-state index in [1.54, 1.807) is 18.2 Å². The third-order valence-electron chi connectivity index (χ3n) is 2.37. The molecule has 0 aliphatic rings. The molecular formula is C13H8BrClFNOS. The molecule has 0 saturated heterocycles. The van der Waals surface area contributed by atoms with Crippen LogP contribution in [0.4, 0.5) is 10.1 Å². The molecule has 1 N–H and O–H groups in total. The lowest BCUT2D eigenvalue weighted by Gasteiger charge is -2.08. The van der Waals surface area contributed by atoms with Gasteiger partial charge in [-0.2, -0.15) is 0 Å². The minimum Gasteiger partial charge on any atom is -0.322 e. The Balaban J connectivity index is 2.25. The van der Waals surface area contributed by atoms with E-state index in [0.717, 1.165) is 0 Å². The minimum atomic E-state index is -0.395. The monoisotopic (exact) mass is 359 g/mol. The SMILES string of the molecule is O=C(Nc1ccc(F)c(Br)c1)c1cc(S)ccc1Cl. The summed E-state index contributed by atoms with van der Waals surface area (Å²) in [4.78, 5) is 12.7. The smallest absolute Gasteiger partial charge is 0.257 e. The van der Waals surface area contributed by atoms with Gasteiger partial charge in [-0.3, -0.25) is 4.79 Å². The van der Waals surface area contributed by atoms with E-state index in [-0.39, 0.29) is 10.4 Å². The van der Waals surface area contributed by atoms with Crippen LogP contribution in [0.1, 0.15) is 10.4 Å². The second-order valence-corrected chi connectivity index (χ2v) is 5.53. The van der Waals surface area contributed by atoms with Crippen LogP contribution >= 0.6 is 40.2 Å². The van der Waals surface area contributed by atoms with Gasteiger partial charge in [0.1, 0.15) is 5.82 Å². The molecule has 2 rings (SSSR count). The first-order valence-corrected chi connectivity index (χ1v) is 6.84. The van der Waals surface area contributed by atoms with Crippen LogP contribution in [-0.2, 0) is 0 Å². The van der Waals surface area contributed by atoms with E-state index in [0.29, 0.717) is 21.2 Å². The van der Waals surface area contributed by atoms with E-state index in [2.05, 4.69) is 33.9 Å². The van der Waals surface area contributed by atoms with E-state index in [1.807, 2.05) is 0 Å². The first kappa shape index (κ1) is 14.4. The number of rotatable bonds is 2. The zero-order chi connectivity index (χ0) is 14.0. The van der Waals surface area contributed by atoms with Crippen LogP contribution in [0, 0.1) is 5.82 Å². The molecule has 0 atom stereocenters. The number of carbonyl (C=O) groups excluding carboxylic acids is 1. The Morgan fingerprint density at radius 1 is 1.26 bits per heavy atom. The fourth-order valence-electron chi connectivity index (χ4n) is 1.46. The highest BCUT2D eigenvalue weighted by Crippen LogP contribution is 2.23. The summed E-state index contributed by atoms with van der Waals surface area (Å²) < 4.78 is 13.4. The minimum absolute atomic E-state index is 0.277. The summed E-state index contributed by atoms with van der Waals surface area (Å²) in [5, 5.41) is 2.97. The van der Waals surface area contributed by atoms with Crippen molar-refractivity contribution in [3.05, 3.63) is 57.3 Å². The summed E-state index contributed by atoms with van der Waals surface area (Å²) in [5.41, 5.74) is 0.786. The Labute approximate surface area is 128 Å². The summed E-state index contributed by atoms with van der Waals surface area (Å²) in [6.45, 7) is 0. The number of halogens is 3. The van der Waals surface area contributed by atoms with E-state index >= 15 is 0 Å². The van der Waals surface area contributed by atoms with Gasteiger partial charge >= 0.3 is 0 Å². The van der Waals surface area contributed by atoms with Crippen LogP contribution in [0.5, 0.6) is 0 Å². The molecular weight excluding hydrogens is 353 g/mol. The average molecular weight is 361 g/mol. The number of amides is 1. The molecule has 2 aromatic rings. The van der Waals surface area contributed by atoms with Crippen LogP contribution < -0.4 is 5.32 Å². The van der Waals surface area contributed by atoms with E-state index in [1.165, 1.54) is 18.2 Å². The lowest BCUT2D eigenvalue weighted by molar-refractivity contribution is 0.102. The lowest BCUT2D eigenvalue weighted by Crippen LogP contribution is -2.12. The second kappa shape index (κ2) is 5.94. The van der Waals surface area contributed by atoms with Gasteiger partial charge in [0.2, 0.25) is 0 Å². The molecule has 0 spiro atoms. The molecule has 0 aliphatic carbocycles. The fourth-order valence-corrected chi connectivity index (χ4v) is 2.25. The van der Waals surface area contributed by atoms with Crippen molar-refractivity contribution in [2.45, 2.75) is 4.90 Å². The molecule has 2 aromatic carbocycles. The maximum Gasteiger partial charge on any atom is 0.257 e. The standard InChI is InChI=1S/C13H8BrClFNOS/c14-10-5-7(1-4-12(10)16)17-13(18)9-6-8(19)2-3-11(9)15/h1-6,19H,(H,17,18). The molecule has 6 heteroatoms. The summed E-state index contributed by atoms with van der Waals surface area (Å²) in [7, 11) is 0. The summed E-state index contributed by atoms with van der Waals surface area (Å²) >= 11 is 13.2. The van der Waals surface area contributed by atoms with Gasteiger partial charge in [-0.05, 0) is 52.3 Å². The highest BCUT2D eigenvalue weighted by Gasteiger charge is 2.11. The number of hydrogen-bond acceptors (Lipinski definition) is 2. The third-order valence-corrected chi connectivity index (χ3v) is 3.59. The van der Waals surface area contributed by atoms with Gasteiger partial charge in [0.05, 0.1) is 15.1 Å². The number of anilines is 1. The lowest BCUT2D eigenvalue weighted by atomic mass is 10.2. The van der Waals surface area contributed by atoms with Crippen molar-refractivity contribution in [3.63, 3.8) is 0 Å². The molecule has 0 unspecified atom stereocenters. The van der Waals surface area contributed by atoms with Crippen LogP contribution in [0.2, 0.25) is 5.02 Å². The van der Waals surface area contributed by atoms with Crippen molar-refractivity contribution in [1.82, 2.24) is 0 Å². The number of benzene rings is 2. The van der Waals surface area contributed by atoms with Gasteiger partial charge in [0, 0.05) is 10.6 Å². The molecule has 0 fully saturated rings. The number of carbonyl (C=O) groups is 1. The highest BCUT2D eigenvalue weighted by molar-refractivity contribution is 9.10. The van der Waals surface area contributed by atoms with E-state index < -0.39 is 5.82 Å². The Bertz CT molecular complexity index is 651. The predicted octanol–water partition coefficient (Wildman–Crippen LogP) is 4.78. The summed E-state index contributed by atoms with van der Waals surface area (Å²) in [5.74, 6) is -0.771. The van der Waals surface area contributed by atoms with Crippen molar-refractivity contribution in [2.24, 2.45) is 0 Å². The number of hydrogen-bond donors (Lipinski definition) is 2. The van der Waals surface area contributed by atoms with Gasteiger partial charge in [-0.25, -0.2) is 4.39 Å². The zero-order valence-corrected chi connectivity index (χ0v) is 12.7. The molecule has 0 saturated carbocycles. The molecule has 0 aliphatic heterocycles. The van der Waals surface area contributed by atoms with Crippen molar-refractivity contribution in [3.8, 4) is 0 Å². The first-order valence-electron chi connectivity index (χ1n) is 5.22. The number of thiol groups is 1. The molecule has 19 heavy (non-hydrogen) atoms. The van der Waals surface area contributed by atoms with Crippen LogP contribution in [-0.4, -0.2) is 5.91 Å². The molecule has 0 bridgehead atoms. The van der Waals surface area contributed by atoms with Crippen LogP contribution in [0.25, 0.3) is 0 Å². The molecule has 0 heterocycles. The number of nitrogens with one attached hydrogen (secondary N) is 1. The molecule has 2 nitrogen and oxygen atoms in total. The van der Waals surface area contributed by atoms with Gasteiger partial charge in [-0.1, -0.05) is 11.6 Å².